The van der Waals surface area contributed by atoms with E-state index in [1.807, 2.05) is 0 Å². The summed E-state index contributed by atoms with van der Waals surface area (Å²) >= 11 is 0. The summed E-state index contributed by atoms with van der Waals surface area (Å²) < 4.78 is 0. The standard InChI is InChI=1S/C26H41N3.2ClH.Co/c1-8-22-17-23(9-2)26(24(10-3)18-22)28-12-14-29(7)13-11-27-25-20(5)15-19(4)16-21(25)6;;;/h15-18,27-28H,8-14H2,1-7H3;2*1H;/q;;;+2/p-2. The van der Waals surface area contributed by atoms with Crippen molar-refractivity contribution >= 4 is 11.4 Å². The monoisotopic (exact) mass is 524 g/mol. The van der Waals surface area contributed by atoms with Gasteiger partial charge >= 0.3 is 16.8 Å². The van der Waals surface area contributed by atoms with Crippen molar-refractivity contribution in [3.05, 3.63) is 57.6 Å². The van der Waals surface area contributed by atoms with E-state index in [-0.39, 0.29) is 41.6 Å². The largest absolute Gasteiger partial charge is 2.00 e. The predicted molar refractivity (Wildman–Crippen MR) is 130 cm³/mol. The Kier molecular flexibility index (Phi) is 17.3. The molecule has 6 heteroatoms. The normalized spacial score (nSPS) is 10.1. The Morgan fingerprint density at radius 1 is 0.688 bits per heavy atom. The SMILES string of the molecule is CCc1cc(CC)c(NCCN(C)CCNc2c(C)cc(C)cc2C)c(CC)c1.[Cl-].[Cl-].[Co+2]. The maximum absolute atomic E-state index is 3.74. The fourth-order valence-electron chi connectivity index (χ4n) is 4.14. The first-order chi connectivity index (χ1) is 13.9. The molecule has 0 amide bonds. The van der Waals surface area contributed by atoms with Crippen LogP contribution in [0.15, 0.2) is 24.3 Å². The minimum Gasteiger partial charge on any atom is -1.00 e. The molecule has 0 saturated heterocycles. The number of hydrogen-bond donors (Lipinski definition) is 2. The third-order valence-corrected chi connectivity index (χ3v) is 5.80. The zero-order valence-electron chi connectivity index (χ0n) is 20.8. The van der Waals surface area contributed by atoms with Gasteiger partial charge in [0.2, 0.25) is 0 Å². The van der Waals surface area contributed by atoms with Crippen LogP contribution in [0.2, 0.25) is 0 Å². The Hall–Kier alpha value is -0.914. The van der Waals surface area contributed by atoms with Crippen LogP contribution in [0, 0.1) is 20.8 Å². The Balaban J connectivity index is 0. The van der Waals surface area contributed by atoms with E-state index in [1.165, 1.54) is 44.8 Å². The predicted octanol–water partition coefficient (Wildman–Crippen LogP) is -0.240. The molecule has 2 aromatic rings. The van der Waals surface area contributed by atoms with E-state index < -0.39 is 0 Å². The number of likely N-dealkylation sites (N-methyl/N-ethyl adjacent to an activating group) is 1. The third kappa shape index (κ3) is 9.52. The van der Waals surface area contributed by atoms with Gasteiger partial charge in [0.1, 0.15) is 0 Å². The molecule has 32 heavy (non-hydrogen) atoms. The molecule has 3 nitrogen and oxygen atoms in total. The van der Waals surface area contributed by atoms with E-state index in [0.717, 1.165) is 45.4 Å². The molecule has 0 aliphatic heterocycles. The number of rotatable bonds is 11. The van der Waals surface area contributed by atoms with Gasteiger partial charge in [0, 0.05) is 37.6 Å². The topological polar surface area (TPSA) is 27.3 Å². The number of benzene rings is 2. The minimum atomic E-state index is 0. The number of halogens is 2. The Morgan fingerprint density at radius 3 is 1.53 bits per heavy atom. The maximum atomic E-state index is 3.74. The van der Waals surface area contributed by atoms with Crippen LogP contribution in [-0.4, -0.2) is 38.1 Å². The first kappa shape index (κ1) is 33.3. The first-order valence-electron chi connectivity index (χ1n) is 11.3. The smallest absolute Gasteiger partial charge is 1.00 e. The molecule has 0 atom stereocenters. The number of hydrogen-bond acceptors (Lipinski definition) is 3. The molecule has 2 N–H and O–H groups in total. The molecular weight excluding hydrogens is 484 g/mol. The summed E-state index contributed by atoms with van der Waals surface area (Å²) in [7, 11) is 2.21. The van der Waals surface area contributed by atoms with Crippen molar-refractivity contribution in [2.75, 3.05) is 43.9 Å². The molecule has 0 bridgehead atoms. The van der Waals surface area contributed by atoms with Gasteiger partial charge in [-0.25, -0.2) is 0 Å². The molecule has 0 saturated carbocycles. The van der Waals surface area contributed by atoms with Crippen LogP contribution in [0.5, 0.6) is 0 Å². The summed E-state index contributed by atoms with van der Waals surface area (Å²) in [5, 5.41) is 7.37. The van der Waals surface area contributed by atoms with Crippen molar-refractivity contribution in [3.63, 3.8) is 0 Å². The maximum Gasteiger partial charge on any atom is 2.00 e. The Labute approximate surface area is 219 Å². The molecule has 183 valence electrons. The number of nitrogens with one attached hydrogen (secondary N) is 2. The van der Waals surface area contributed by atoms with Gasteiger partial charge in [0.25, 0.3) is 0 Å². The number of nitrogens with zero attached hydrogens (tertiary/aromatic N) is 1. The Morgan fingerprint density at radius 2 is 1.12 bits per heavy atom. The van der Waals surface area contributed by atoms with Crippen molar-refractivity contribution in [1.82, 2.24) is 4.90 Å². The van der Waals surface area contributed by atoms with E-state index in [2.05, 4.69) is 88.4 Å². The van der Waals surface area contributed by atoms with Crippen LogP contribution in [0.4, 0.5) is 11.4 Å². The van der Waals surface area contributed by atoms with Crippen molar-refractivity contribution in [2.24, 2.45) is 0 Å². The van der Waals surface area contributed by atoms with Gasteiger partial charge in [-0.15, -0.1) is 0 Å². The van der Waals surface area contributed by atoms with Crippen LogP contribution >= 0.6 is 0 Å². The van der Waals surface area contributed by atoms with E-state index in [1.54, 1.807) is 0 Å². The molecule has 0 fully saturated rings. The van der Waals surface area contributed by atoms with E-state index in [0.29, 0.717) is 0 Å². The molecule has 2 aromatic carbocycles. The molecule has 2 rings (SSSR count). The number of anilines is 2. The van der Waals surface area contributed by atoms with Gasteiger partial charge in [0.15, 0.2) is 0 Å². The van der Waals surface area contributed by atoms with Gasteiger partial charge in [-0.05, 0) is 74.9 Å². The molecule has 0 unspecified atom stereocenters. The van der Waals surface area contributed by atoms with Gasteiger partial charge in [-0.1, -0.05) is 50.6 Å². The second-order valence-corrected chi connectivity index (χ2v) is 8.28. The molecule has 0 aromatic heterocycles. The molecule has 0 heterocycles. The van der Waals surface area contributed by atoms with Crippen LogP contribution < -0.4 is 35.4 Å². The van der Waals surface area contributed by atoms with Crippen molar-refractivity contribution in [3.8, 4) is 0 Å². The minimum absolute atomic E-state index is 0. The summed E-state index contributed by atoms with van der Waals surface area (Å²) in [4.78, 5) is 2.40. The average Bonchev–Trinajstić information content (AvgIpc) is 2.69. The van der Waals surface area contributed by atoms with Gasteiger partial charge in [0.05, 0.1) is 0 Å². The summed E-state index contributed by atoms with van der Waals surface area (Å²) in [6.07, 6.45) is 3.27. The van der Waals surface area contributed by atoms with Crippen LogP contribution in [0.25, 0.3) is 0 Å². The molecule has 0 aliphatic rings. The van der Waals surface area contributed by atoms with Crippen LogP contribution in [0.1, 0.15) is 54.2 Å². The Bertz CT molecular complexity index is 764. The summed E-state index contributed by atoms with van der Waals surface area (Å²) in [6, 6.07) is 9.26. The second kappa shape index (κ2) is 16.7. The fraction of sp³-hybridized carbons (Fsp3) is 0.538. The summed E-state index contributed by atoms with van der Waals surface area (Å²) in [5.74, 6) is 0. The van der Waals surface area contributed by atoms with Crippen LogP contribution in [0.3, 0.4) is 0 Å². The van der Waals surface area contributed by atoms with Crippen molar-refractivity contribution in [2.45, 2.75) is 60.8 Å². The van der Waals surface area contributed by atoms with Gasteiger partial charge in [-0.3, -0.25) is 0 Å². The van der Waals surface area contributed by atoms with E-state index in [4.69, 9.17) is 0 Å². The zero-order chi connectivity index (χ0) is 21.4. The third-order valence-electron chi connectivity index (χ3n) is 5.80. The second-order valence-electron chi connectivity index (χ2n) is 8.28. The fourth-order valence-corrected chi connectivity index (χ4v) is 4.14. The summed E-state index contributed by atoms with van der Waals surface area (Å²) in [5.41, 5.74) is 11.0. The van der Waals surface area contributed by atoms with Gasteiger partial charge in [-0.2, -0.15) is 0 Å². The van der Waals surface area contributed by atoms with Crippen molar-refractivity contribution in [1.29, 1.82) is 0 Å². The first-order valence-corrected chi connectivity index (χ1v) is 11.3. The molecule has 0 aliphatic carbocycles. The molecular formula is C26H41Cl2CoN3. The van der Waals surface area contributed by atoms with Crippen molar-refractivity contribution < 1.29 is 41.6 Å². The van der Waals surface area contributed by atoms with E-state index in [9.17, 15) is 0 Å². The average molecular weight is 525 g/mol. The van der Waals surface area contributed by atoms with E-state index >= 15 is 0 Å². The quantitative estimate of drug-likeness (QED) is 0.425. The number of aryl methyl sites for hydroxylation is 6. The van der Waals surface area contributed by atoms with Crippen LogP contribution in [-0.2, 0) is 36.0 Å². The molecule has 1 radical (unpaired) electrons. The molecule has 0 spiro atoms. The zero-order valence-corrected chi connectivity index (χ0v) is 23.3. The van der Waals surface area contributed by atoms with Gasteiger partial charge < -0.3 is 40.3 Å². The summed E-state index contributed by atoms with van der Waals surface area (Å²) in [6.45, 7) is 17.3.